The molecule has 2 aliphatic heterocycles. The molecule has 0 N–H and O–H groups in total. The molecule has 0 radical (unpaired) electrons. The van der Waals surface area contributed by atoms with Crippen LogP contribution >= 0.6 is 23.2 Å². The van der Waals surface area contributed by atoms with E-state index in [0.717, 1.165) is 12.1 Å². The molecule has 1 saturated heterocycles. The topological polar surface area (TPSA) is 41.9 Å². The largest absolute Gasteiger partial charge is 0.435 e. The maximum Gasteiger partial charge on any atom is 0.435 e. The monoisotopic (exact) mass is 520 g/mol. The Labute approximate surface area is 202 Å². The number of alkyl halides is 4. The highest BCUT2D eigenvalue weighted by Crippen LogP contribution is 2.50. The zero-order valence-electron chi connectivity index (χ0n) is 17.9. The van der Waals surface area contributed by atoms with E-state index in [0.29, 0.717) is 24.0 Å². The lowest BCUT2D eigenvalue weighted by Crippen LogP contribution is -2.58. The summed E-state index contributed by atoms with van der Waals surface area (Å²) in [5, 5.41) is 2.48. The summed E-state index contributed by atoms with van der Waals surface area (Å²) in [6.07, 6.45) is -4.62. The molecule has 2 heterocycles. The Kier molecular flexibility index (Phi) is 6.31. The number of nitrogens with zero attached hydrogens (tertiary/aromatic N) is 2. The predicted octanol–water partition coefficient (Wildman–Crippen LogP) is 6.52. The number of oxime groups is 1. The van der Waals surface area contributed by atoms with Crippen molar-refractivity contribution in [3.05, 3.63) is 69.0 Å². The fourth-order valence-electron chi connectivity index (χ4n) is 4.10. The molecule has 0 spiro atoms. The first-order valence-electron chi connectivity index (χ1n) is 10.4. The van der Waals surface area contributed by atoms with Gasteiger partial charge in [0, 0.05) is 18.4 Å². The highest BCUT2D eigenvalue weighted by Gasteiger charge is 2.62. The zero-order valence-corrected chi connectivity index (χ0v) is 19.4. The van der Waals surface area contributed by atoms with E-state index in [1.165, 1.54) is 29.2 Å². The van der Waals surface area contributed by atoms with E-state index < -0.39 is 45.3 Å². The van der Waals surface area contributed by atoms with E-state index in [1.54, 1.807) is 0 Å². The number of halogens is 7. The highest BCUT2D eigenvalue weighted by atomic mass is 35.5. The van der Waals surface area contributed by atoms with Gasteiger partial charge in [-0.15, -0.1) is 0 Å². The van der Waals surface area contributed by atoms with E-state index in [1.807, 2.05) is 6.92 Å². The smallest absolute Gasteiger partial charge is 0.374 e. The molecule has 4 rings (SSSR count). The molecule has 0 aromatic heterocycles. The average molecular weight is 521 g/mol. The van der Waals surface area contributed by atoms with E-state index >= 15 is 4.39 Å². The minimum atomic E-state index is -4.92. The normalized spacial score (nSPS) is 21.6. The van der Waals surface area contributed by atoms with Gasteiger partial charge in [-0.3, -0.25) is 4.79 Å². The van der Waals surface area contributed by atoms with Crippen LogP contribution in [0, 0.1) is 5.82 Å². The van der Waals surface area contributed by atoms with E-state index in [2.05, 4.69) is 5.16 Å². The Morgan fingerprint density at radius 1 is 1.12 bits per heavy atom. The van der Waals surface area contributed by atoms with Crippen molar-refractivity contribution in [1.29, 1.82) is 0 Å². The lowest BCUT2D eigenvalue weighted by atomic mass is 9.84. The third kappa shape index (κ3) is 4.13. The molecule has 4 nitrogen and oxygen atoms in total. The van der Waals surface area contributed by atoms with E-state index in [9.17, 15) is 22.4 Å². The molecule has 2 aromatic rings. The number of hydrogen-bond acceptors (Lipinski definition) is 3. The Hall–Kier alpha value is -2.39. The quantitative estimate of drug-likeness (QED) is 0.332. The van der Waals surface area contributed by atoms with Crippen LogP contribution in [0.5, 0.6) is 0 Å². The van der Waals surface area contributed by atoms with Gasteiger partial charge in [-0.05, 0) is 29.7 Å². The molecule has 0 saturated carbocycles. The number of rotatable bonds is 5. The van der Waals surface area contributed by atoms with Gasteiger partial charge >= 0.3 is 6.18 Å². The standard InChI is InChI=1S/C23H19Cl2F5N2O2/c1-2-3-19(33)32-11-21(27,12-32)14-6-4-13(5-7-14)18-10-22(34-31-18,23(28,29)30)15-8-16(24)20(26)17(25)9-15/h4-9H,2-3,10-12H2,1H3. The maximum absolute atomic E-state index is 15.2. The van der Waals surface area contributed by atoms with Crippen molar-refractivity contribution >= 4 is 34.8 Å². The third-order valence-electron chi connectivity index (χ3n) is 6.07. The molecule has 2 aliphatic rings. The van der Waals surface area contributed by atoms with Gasteiger partial charge < -0.3 is 9.74 Å². The van der Waals surface area contributed by atoms with Crippen LogP contribution in [0.4, 0.5) is 22.0 Å². The minimum Gasteiger partial charge on any atom is -0.374 e. The van der Waals surface area contributed by atoms with E-state index in [-0.39, 0.29) is 24.7 Å². The van der Waals surface area contributed by atoms with Gasteiger partial charge in [0.15, 0.2) is 11.5 Å². The lowest BCUT2D eigenvalue weighted by molar-refractivity contribution is -0.275. The first kappa shape index (κ1) is 24.7. The minimum absolute atomic E-state index is 0.0262. The number of carbonyl (C=O) groups is 1. The maximum atomic E-state index is 15.2. The van der Waals surface area contributed by atoms with Crippen molar-refractivity contribution in [3.63, 3.8) is 0 Å². The second-order valence-electron chi connectivity index (χ2n) is 8.43. The highest BCUT2D eigenvalue weighted by molar-refractivity contribution is 6.35. The summed E-state index contributed by atoms with van der Waals surface area (Å²) in [5.41, 5.74) is -4.51. The number of benzene rings is 2. The third-order valence-corrected chi connectivity index (χ3v) is 6.62. The molecule has 1 atom stereocenters. The summed E-state index contributed by atoms with van der Waals surface area (Å²) in [5.74, 6) is -1.15. The number of carbonyl (C=O) groups excluding carboxylic acids is 1. The summed E-state index contributed by atoms with van der Waals surface area (Å²) in [7, 11) is 0. The molecule has 1 amide bonds. The number of amides is 1. The molecule has 0 bridgehead atoms. The summed E-state index contributed by atoms with van der Waals surface area (Å²) >= 11 is 11.4. The Morgan fingerprint density at radius 2 is 1.71 bits per heavy atom. The molecule has 1 fully saturated rings. The summed E-state index contributed by atoms with van der Waals surface area (Å²) < 4.78 is 71.3. The number of likely N-dealkylation sites (tertiary alicyclic amines) is 1. The van der Waals surface area contributed by atoms with Crippen LogP contribution in [0.25, 0.3) is 0 Å². The number of hydrogen-bond donors (Lipinski definition) is 0. The fourth-order valence-corrected chi connectivity index (χ4v) is 4.59. The van der Waals surface area contributed by atoms with Gasteiger partial charge in [-0.25, -0.2) is 8.78 Å². The van der Waals surface area contributed by atoms with Gasteiger partial charge in [0.1, 0.15) is 0 Å². The summed E-state index contributed by atoms with van der Waals surface area (Å²) in [6.45, 7) is 1.72. The second kappa shape index (κ2) is 8.68. The van der Waals surface area contributed by atoms with Crippen LogP contribution < -0.4 is 0 Å². The summed E-state index contributed by atoms with van der Waals surface area (Å²) in [4.78, 5) is 18.2. The van der Waals surface area contributed by atoms with Crippen LogP contribution in [0.15, 0.2) is 41.6 Å². The van der Waals surface area contributed by atoms with Gasteiger partial charge in [0.05, 0.1) is 28.8 Å². The molecule has 1 unspecified atom stereocenters. The summed E-state index contributed by atoms with van der Waals surface area (Å²) in [6, 6.07) is 7.44. The van der Waals surface area contributed by atoms with Crippen molar-refractivity contribution in [2.24, 2.45) is 5.16 Å². The Balaban J connectivity index is 1.55. The van der Waals surface area contributed by atoms with Crippen LogP contribution in [0.2, 0.25) is 10.0 Å². The molecule has 0 aliphatic carbocycles. The Morgan fingerprint density at radius 3 is 2.24 bits per heavy atom. The Bertz CT molecular complexity index is 1120. The SMILES string of the molecule is CCCC(=O)N1CC(F)(c2ccc(C3=NOC(c4cc(Cl)c(F)c(Cl)c4)(C(F)(F)F)C3)cc2)C1. The molecule has 2 aromatic carbocycles. The van der Waals surface area contributed by atoms with Crippen molar-refractivity contribution < 1.29 is 31.6 Å². The molecule has 11 heteroatoms. The van der Waals surface area contributed by atoms with E-state index in [4.69, 9.17) is 28.0 Å². The molecule has 182 valence electrons. The second-order valence-corrected chi connectivity index (χ2v) is 9.24. The van der Waals surface area contributed by atoms with Gasteiger partial charge in [-0.2, -0.15) is 13.2 Å². The van der Waals surface area contributed by atoms with Crippen molar-refractivity contribution in [2.75, 3.05) is 13.1 Å². The van der Waals surface area contributed by atoms with Crippen molar-refractivity contribution in [1.82, 2.24) is 4.90 Å². The average Bonchev–Trinajstić information content (AvgIpc) is 3.22. The van der Waals surface area contributed by atoms with Crippen LogP contribution in [0.3, 0.4) is 0 Å². The molecular formula is C23H19Cl2F5N2O2. The molecular weight excluding hydrogens is 502 g/mol. The van der Waals surface area contributed by atoms with Crippen LogP contribution in [0.1, 0.15) is 42.9 Å². The van der Waals surface area contributed by atoms with Gasteiger partial charge in [0.2, 0.25) is 5.91 Å². The fraction of sp³-hybridized carbons (Fsp3) is 0.391. The van der Waals surface area contributed by atoms with Gasteiger partial charge in [0.25, 0.3) is 5.60 Å². The first-order chi connectivity index (χ1) is 15.9. The predicted molar refractivity (Wildman–Crippen MR) is 117 cm³/mol. The van der Waals surface area contributed by atoms with Crippen molar-refractivity contribution in [2.45, 2.75) is 43.6 Å². The van der Waals surface area contributed by atoms with Gasteiger partial charge in [-0.1, -0.05) is 59.5 Å². The van der Waals surface area contributed by atoms with Crippen LogP contribution in [-0.4, -0.2) is 35.8 Å². The van der Waals surface area contributed by atoms with Crippen molar-refractivity contribution in [3.8, 4) is 0 Å². The lowest BCUT2D eigenvalue weighted by Gasteiger charge is -2.44. The zero-order chi connectivity index (χ0) is 24.9. The van der Waals surface area contributed by atoms with Crippen LogP contribution in [-0.2, 0) is 20.9 Å². The first-order valence-corrected chi connectivity index (χ1v) is 11.2. The molecule has 34 heavy (non-hydrogen) atoms.